The van der Waals surface area contributed by atoms with Crippen molar-refractivity contribution in [1.82, 2.24) is 15.1 Å². The van der Waals surface area contributed by atoms with Crippen molar-refractivity contribution in [3.8, 4) is 0 Å². The van der Waals surface area contributed by atoms with Crippen molar-refractivity contribution in [3.05, 3.63) is 70.4 Å². The number of thiophene rings is 1. The molecule has 28 heavy (non-hydrogen) atoms. The molecule has 1 aromatic heterocycles. The van der Waals surface area contributed by atoms with E-state index in [1.807, 2.05) is 64.9 Å². The average molecular weight is 394 g/mol. The largest absolute Gasteiger partial charge is 0.351 e. The van der Waals surface area contributed by atoms with Crippen LogP contribution in [0.4, 0.5) is 0 Å². The SMILES string of the molecule is O=C(NCCN1CCN(C(=O)c2cccs2)CC1)c1cccc2ccccc12. The molecule has 0 radical (unpaired) electrons. The van der Waals surface area contributed by atoms with Crippen LogP contribution in [0.3, 0.4) is 0 Å². The maximum Gasteiger partial charge on any atom is 0.264 e. The molecule has 1 saturated heterocycles. The van der Waals surface area contributed by atoms with Gasteiger partial charge in [0, 0.05) is 44.8 Å². The van der Waals surface area contributed by atoms with Crippen LogP contribution in [0.5, 0.6) is 0 Å². The minimum atomic E-state index is -0.0386. The summed E-state index contributed by atoms with van der Waals surface area (Å²) in [6.07, 6.45) is 0. The van der Waals surface area contributed by atoms with Crippen LogP contribution < -0.4 is 5.32 Å². The fourth-order valence-corrected chi connectivity index (χ4v) is 4.27. The molecule has 0 saturated carbocycles. The van der Waals surface area contributed by atoms with E-state index < -0.39 is 0 Å². The summed E-state index contributed by atoms with van der Waals surface area (Å²) in [4.78, 5) is 30.0. The Kier molecular flexibility index (Phi) is 5.69. The molecule has 0 bridgehead atoms. The number of rotatable bonds is 5. The molecule has 1 fully saturated rings. The fraction of sp³-hybridized carbons (Fsp3) is 0.273. The highest BCUT2D eigenvalue weighted by Gasteiger charge is 2.22. The van der Waals surface area contributed by atoms with Gasteiger partial charge in [-0.2, -0.15) is 0 Å². The van der Waals surface area contributed by atoms with Crippen molar-refractivity contribution < 1.29 is 9.59 Å². The van der Waals surface area contributed by atoms with Crippen molar-refractivity contribution >= 4 is 33.9 Å². The minimum Gasteiger partial charge on any atom is -0.351 e. The number of carbonyl (C=O) groups excluding carboxylic acids is 2. The molecule has 0 spiro atoms. The second kappa shape index (κ2) is 8.54. The smallest absolute Gasteiger partial charge is 0.264 e. The highest BCUT2D eigenvalue weighted by atomic mass is 32.1. The van der Waals surface area contributed by atoms with Crippen LogP contribution in [0.15, 0.2) is 60.0 Å². The van der Waals surface area contributed by atoms with Crippen LogP contribution in [-0.4, -0.2) is 60.9 Å². The molecule has 5 nitrogen and oxygen atoms in total. The van der Waals surface area contributed by atoms with E-state index in [0.717, 1.165) is 48.4 Å². The van der Waals surface area contributed by atoms with Gasteiger partial charge in [0.25, 0.3) is 11.8 Å². The Bertz CT molecular complexity index is 958. The van der Waals surface area contributed by atoms with Crippen molar-refractivity contribution in [2.75, 3.05) is 39.3 Å². The molecule has 6 heteroatoms. The zero-order valence-electron chi connectivity index (χ0n) is 15.6. The molecule has 1 aliphatic heterocycles. The first-order valence-electron chi connectivity index (χ1n) is 9.53. The topological polar surface area (TPSA) is 52.7 Å². The zero-order valence-corrected chi connectivity index (χ0v) is 16.5. The van der Waals surface area contributed by atoms with E-state index in [2.05, 4.69) is 10.2 Å². The fourth-order valence-electron chi connectivity index (χ4n) is 3.58. The first-order chi connectivity index (χ1) is 13.7. The highest BCUT2D eigenvalue weighted by Crippen LogP contribution is 2.18. The van der Waals surface area contributed by atoms with E-state index in [1.165, 1.54) is 11.3 Å². The van der Waals surface area contributed by atoms with Gasteiger partial charge in [0.15, 0.2) is 0 Å². The van der Waals surface area contributed by atoms with Crippen LogP contribution >= 0.6 is 11.3 Å². The quantitative estimate of drug-likeness (QED) is 0.725. The third-order valence-electron chi connectivity index (χ3n) is 5.14. The number of carbonyl (C=O) groups is 2. The third kappa shape index (κ3) is 4.08. The van der Waals surface area contributed by atoms with Gasteiger partial charge in [-0.3, -0.25) is 14.5 Å². The van der Waals surface area contributed by atoms with E-state index in [9.17, 15) is 9.59 Å². The summed E-state index contributed by atoms with van der Waals surface area (Å²) in [5.41, 5.74) is 0.712. The van der Waals surface area contributed by atoms with Crippen molar-refractivity contribution in [2.24, 2.45) is 0 Å². The van der Waals surface area contributed by atoms with Gasteiger partial charge in [0.2, 0.25) is 0 Å². The van der Waals surface area contributed by atoms with Crippen LogP contribution in [0, 0.1) is 0 Å². The highest BCUT2D eigenvalue weighted by molar-refractivity contribution is 7.12. The van der Waals surface area contributed by atoms with Gasteiger partial charge in [-0.1, -0.05) is 42.5 Å². The van der Waals surface area contributed by atoms with Crippen molar-refractivity contribution in [2.45, 2.75) is 0 Å². The molecule has 4 rings (SSSR count). The van der Waals surface area contributed by atoms with Gasteiger partial charge >= 0.3 is 0 Å². The van der Waals surface area contributed by atoms with Gasteiger partial charge < -0.3 is 10.2 Å². The van der Waals surface area contributed by atoms with Gasteiger partial charge in [-0.05, 0) is 28.3 Å². The number of nitrogens with zero attached hydrogens (tertiary/aromatic N) is 2. The van der Waals surface area contributed by atoms with Gasteiger partial charge in [-0.25, -0.2) is 0 Å². The maximum atomic E-state index is 12.6. The Hall–Kier alpha value is -2.70. The number of hydrogen-bond donors (Lipinski definition) is 1. The van der Waals surface area contributed by atoms with Crippen LogP contribution in [0.2, 0.25) is 0 Å². The monoisotopic (exact) mass is 393 g/mol. The predicted octanol–water partition coefficient (Wildman–Crippen LogP) is 3.09. The molecule has 2 aromatic carbocycles. The molecule has 0 atom stereocenters. The lowest BCUT2D eigenvalue weighted by Gasteiger charge is -2.34. The van der Waals surface area contributed by atoms with Gasteiger partial charge in [0.1, 0.15) is 0 Å². The molecule has 0 unspecified atom stereocenters. The zero-order chi connectivity index (χ0) is 19.3. The number of nitrogens with one attached hydrogen (secondary N) is 1. The summed E-state index contributed by atoms with van der Waals surface area (Å²) in [5.74, 6) is 0.0854. The van der Waals surface area contributed by atoms with E-state index in [4.69, 9.17) is 0 Å². The minimum absolute atomic E-state index is 0.0386. The second-order valence-corrected chi connectivity index (χ2v) is 7.84. The molecule has 0 aliphatic carbocycles. The standard InChI is InChI=1S/C22H23N3O2S/c26-21(19-8-3-6-17-5-1-2-7-18(17)19)23-10-11-24-12-14-25(15-13-24)22(27)20-9-4-16-28-20/h1-9,16H,10-15H2,(H,23,26). The number of benzene rings is 2. The van der Waals surface area contributed by atoms with Crippen LogP contribution in [-0.2, 0) is 0 Å². The summed E-state index contributed by atoms with van der Waals surface area (Å²) >= 11 is 1.49. The molecule has 3 aromatic rings. The Morgan fingerprint density at radius 2 is 1.71 bits per heavy atom. The maximum absolute atomic E-state index is 12.6. The molecule has 1 N–H and O–H groups in total. The normalized spacial score (nSPS) is 14.9. The van der Waals surface area contributed by atoms with E-state index in [0.29, 0.717) is 12.1 Å². The van der Waals surface area contributed by atoms with Crippen LogP contribution in [0.25, 0.3) is 10.8 Å². The van der Waals surface area contributed by atoms with Crippen molar-refractivity contribution in [1.29, 1.82) is 0 Å². The number of hydrogen-bond acceptors (Lipinski definition) is 4. The lowest BCUT2D eigenvalue weighted by Crippen LogP contribution is -2.50. The van der Waals surface area contributed by atoms with E-state index in [-0.39, 0.29) is 11.8 Å². The molecular formula is C22H23N3O2S. The summed E-state index contributed by atoms with van der Waals surface area (Å²) in [6, 6.07) is 17.5. The third-order valence-corrected chi connectivity index (χ3v) is 6.00. The Labute approximate surface area is 168 Å². The molecule has 2 heterocycles. The summed E-state index contributed by atoms with van der Waals surface area (Å²) in [7, 11) is 0. The Balaban J connectivity index is 1.26. The van der Waals surface area contributed by atoms with E-state index in [1.54, 1.807) is 0 Å². The average Bonchev–Trinajstić information content (AvgIpc) is 3.28. The van der Waals surface area contributed by atoms with Gasteiger partial charge in [-0.15, -0.1) is 11.3 Å². The summed E-state index contributed by atoms with van der Waals surface area (Å²) in [6.45, 7) is 4.52. The Morgan fingerprint density at radius 1 is 0.929 bits per heavy atom. The Morgan fingerprint density at radius 3 is 2.50 bits per heavy atom. The molecule has 2 amide bonds. The number of fused-ring (bicyclic) bond motifs is 1. The summed E-state index contributed by atoms with van der Waals surface area (Å²) in [5, 5.41) is 7.01. The second-order valence-electron chi connectivity index (χ2n) is 6.89. The number of piperazine rings is 1. The van der Waals surface area contributed by atoms with Crippen LogP contribution in [0.1, 0.15) is 20.0 Å². The lowest BCUT2D eigenvalue weighted by atomic mass is 10.0. The first-order valence-corrected chi connectivity index (χ1v) is 10.4. The molecular weight excluding hydrogens is 370 g/mol. The first kappa shape index (κ1) is 18.7. The molecule has 144 valence electrons. The summed E-state index contributed by atoms with van der Waals surface area (Å²) < 4.78 is 0. The van der Waals surface area contributed by atoms with E-state index >= 15 is 0 Å². The molecule has 1 aliphatic rings. The number of amides is 2. The predicted molar refractivity (Wildman–Crippen MR) is 113 cm³/mol. The lowest BCUT2D eigenvalue weighted by molar-refractivity contribution is 0.0643. The van der Waals surface area contributed by atoms with Gasteiger partial charge in [0.05, 0.1) is 4.88 Å². The van der Waals surface area contributed by atoms with Crippen molar-refractivity contribution in [3.63, 3.8) is 0 Å².